The molecule has 0 saturated carbocycles. The summed E-state index contributed by atoms with van der Waals surface area (Å²) in [6, 6.07) is 13.8. The van der Waals surface area contributed by atoms with Gasteiger partial charge in [0.15, 0.2) is 11.0 Å². The van der Waals surface area contributed by atoms with Gasteiger partial charge in [0, 0.05) is 36.5 Å². The fourth-order valence-electron chi connectivity index (χ4n) is 3.86. The Balaban J connectivity index is 1.44. The molecule has 0 atom stereocenters. The highest BCUT2D eigenvalue weighted by Crippen LogP contribution is 2.25. The lowest BCUT2D eigenvalue weighted by molar-refractivity contribution is -0.117. The second-order valence-electron chi connectivity index (χ2n) is 8.67. The summed E-state index contributed by atoms with van der Waals surface area (Å²) < 4.78 is 16.0. The lowest BCUT2D eigenvalue weighted by atomic mass is 10.1. The van der Waals surface area contributed by atoms with E-state index >= 15 is 0 Å². The monoisotopic (exact) mass is 481 g/mol. The molecule has 0 spiro atoms. The Bertz CT molecular complexity index is 1180. The quantitative estimate of drug-likeness (QED) is 0.458. The van der Waals surface area contributed by atoms with Gasteiger partial charge in [-0.3, -0.25) is 9.59 Å². The highest BCUT2D eigenvalue weighted by Gasteiger charge is 2.22. The molecule has 4 rings (SSSR count). The van der Waals surface area contributed by atoms with Crippen LogP contribution in [0.3, 0.4) is 0 Å². The number of nitrogens with zero attached hydrogens (tertiary/aromatic N) is 4. The number of hydrogen-bond donors (Lipinski definition) is 1. The maximum Gasteiger partial charge on any atom is 0.251 e. The first kappa shape index (κ1) is 23.9. The van der Waals surface area contributed by atoms with Crippen LogP contribution >= 0.6 is 11.8 Å². The van der Waals surface area contributed by atoms with E-state index in [1.54, 1.807) is 35.2 Å². The smallest absolute Gasteiger partial charge is 0.251 e. The topological polar surface area (TPSA) is 80.1 Å². The minimum absolute atomic E-state index is 0.0831. The fraction of sp³-hybridized carbons (Fsp3) is 0.360. The summed E-state index contributed by atoms with van der Waals surface area (Å²) in [6.45, 7) is 5.77. The lowest BCUT2D eigenvalue weighted by Crippen LogP contribution is -2.27. The molecule has 1 aliphatic heterocycles. The molecule has 1 aromatic heterocycles. The molecule has 0 bridgehead atoms. The molecule has 178 valence electrons. The van der Waals surface area contributed by atoms with Gasteiger partial charge in [-0.05, 0) is 42.2 Å². The second-order valence-corrected chi connectivity index (χ2v) is 9.61. The molecular weight excluding hydrogens is 453 g/mol. The van der Waals surface area contributed by atoms with Gasteiger partial charge >= 0.3 is 0 Å². The van der Waals surface area contributed by atoms with Gasteiger partial charge in [0.2, 0.25) is 5.91 Å². The summed E-state index contributed by atoms with van der Waals surface area (Å²) in [7, 11) is 0. The molecular formula is C25H28FN5O2S. The van der Waals surface area contributed by atoms with Gasteiger partial charge in [0.25, 0.3) is 5.91 Å². The van der Waals surface area contributed by atoms with Crippen LogP contribution in [0.15, 0.2) is 53.7 Å². The number of halogens is 1. The summed E-state index contributed by atoms with van der Waals surface area (Å²) >= 11 is 1.42. The maximum absolute atomic E-state index is 14.0. The molecule has 1 fully saturated rings. The summed E-state index contributed by atoms with van der Waals surface area (Å²) in [5.41, 5.74) is 1.84. The van der Waals surface area contributed by atoms with Crippen molar-refractivity contribution in [2.75, 3.05) is 11.4 Å². The summed E-state index contributed by atoms with van der Waals surface area (Å²) in [4.78, 5) is 26.6. The highest BCUT2D eigenvalue weighted by atomic mass is 32.2. The Morgan fingerprint density at radius 1 is 1.18 bits per heavy atom. The normalized spacial score (nSPS) is 13.6. The van der Waals surface area contributed by atoms with Gasteiger partial charge in [-0.1, -0.05) is 49.9 Å². The number of amides is 2. The first-order valence-corrected chi connectivity index (χ1v) is 12.4. The van der Waals surface area contributed by atoms with Crippen LogP contribution in [0.2, 0.25) is 0 Å². The van der Waals surface area contributed by atoms with Crippen LogP contribution in [0.25, 0.3) is 0 Å². The molecule has 2 heterocycles. The largest absolute Gasteiger partial charge is 0.345 e. The summed E-state index contributed by atoms with van der Waals surface area (Å²) in [5, 5.41) is 12.2. The average molecular weight is 482 g/mol. The number of anilines is 1. The van der Waals surface area contributed by atoms with Crippen molar-refractivity contribution in [2.45, 2.75) is 50.7 Å². The number of thioether (sulfide) groups is 1. The van der Waals surface area contributed by atoms with Crippen LogP contribution in [0.4, 0.5) is 10.1 Å². The number of nitrogens with one attached hydrogen (secondary N) is 1. The van der Waals surface area contributed by atoms with Gasteiger partial charge in [-0.2, -0.15) is 0 Å². The molecule has 34 heavy (non-hydrogen) atoms. The lowest BCUT2D eigenvalue weighted by Gasteiger charge is -2.16. The van der Waals surface area contributed by atoms with Gasteiger partial charge in [-0.25, -0.2) is 4.39 Å². The van der Waals surface area contributed by atoms with E-state index in [0.717, 1.165) is 12.1 Å². The van der Waals surface area contributed by atoms with Crippen molar-refractivity contribution >= 4 is 29.3 Å². The van der Waals surface area contributed by atoms with E-state index in [9.17, 15) is 14.0 Å². The van der Waals surface area contributed by atoms with E-state index in [1.807, 2.05) is 16.7 Å². The van der Waals surface area contributed by atoms with Crippen molar-refractivity contribution in [3.63, 3.8) is 0 Å². The molecule has 3 aromatic rings. The molecule has 9 heteroatoms. The SMILES string of the molecule is CC(C)Cn1c(CNC(=O)c2cccc(N3CCCC3=O)c2)nnc1SCc1ccccc1F. The predicted molar refractivity (Wildman–Crippen MR) is 130 cm³/mol. The zero-order chi connectivity index (χ0) is 24.1. The highest BCUT2D eigenvalue weighted by molar-refractivity contribution is 7.98. The second kappa shape index (κ2) is 10.8. The molecule has 0 radical (unpaired) electrons. The van der Waals surface area contributed by atoms with Crippen LogP contribution in [0, 0.1) is 11.7 Å². The minimum atomic E-state index is -0.242. The summed E-state index contributed by atoms with van der Waals surface area (Å²) in [6.07, 6.45) is 1.37. The summed E-state index contributed by atoms with van der Waals surface area (Å²) in [5.74, 6) is 1.03. The number of carbonyl (C=O) groups is 2. The van der Waals surface area contributed by atoms with Crippen LogP contribution in [-0.4, -0.2) is 33.1 Å². The number of hydrogen-bond acceptors (Lipinski definition) is 5. The standard InChI is InChI=1S/C25H28FN5O2S/c1-17(2)15-31-22(28-29-25(31)34-16-19-7-3-4-10-21(19)26)14-27-24(33)18-8-5-9-20(13-18)30-12-6-11-23(30)32/h3-5,7-10,13,17H,6,11-12,14-16H2,1-2H3,(H,27,33). The number of rotatable bonds is 9. The Morgan fingerprint density at radius 2 is 2.00 bits per heavy atom. The van der Waals surface area contributed by atoms with E-state index in [1.165, 1.54) is 17.8 Å². The molecule has 1 aliphatic rings. The van der Waals surface area contributed by atoms with E-state index < -0.39 is 0 Å². The van der Waals surface area contributed by atoms with E-state index in [-0.39, 0.29) is 24.2 Å². The molecule has 2 amide bonds. The number of aromatic nitrogens is 3. The van der Waals surface area contributed by atoms with Gasteiger partial charge < -0.3 is 14.8 Å². The molecule has 1 saturated heterocycles. The Hall–Kier alpha value is -3.20. The maximum atomic E-state index is 14.0. The van der Waals surface area contributed by atoms with E-state index in [4.69, 9.17) is 0 Å². The Morgan fingerprint density at radius 3 is 2.74 bits per heavy atom. The van der Waals surface area contributed by atoms with Gasteiger partial charge in [-0.15, -0.1) is 10.2 Å². The molecule has 0 aliphatic carbocycles. The van der Waals surface area contributed by atoms with Crippen molar-refractivity contribution in [3.05, 3.63) is 71.3 Å². The van der Waals surface area contributed by atoms with Crippen molar-refractivity contribution < 1.29 is 14.0 Å². The van der Waals surface area contributed by atoms with Crippen molar-refractivity contribution in [3.8, 4) is 0 Å². The van der Waals surface area contributed by atoms with E-state index in [2.05, 4.69) is 29.4 Å². The fourth-order valence-corrected chi connectivity index (χ4v) is 4.81. The minimum Gasteiger partial charge on any atom is -0.345 e. The first-order chi connectivity index (χ1) is 16.4. The van der Waals surface area contributed by atoms with Crippen LogP contribution in [0.5, 0.6) is 0 Å². The molecule has 1 N–H and O–H groups in total. The molecule has 7 nitrogen and oxygen atoms in total. The molecule has 2 aromatic carbocycles. The zero-order valence-electron chi connectivity index (χ0n) is 19.3. The predicted octanol–water partition coefficient (Wildman–Crippen LogP) is 4.42. The van der Waals surface area contributed by atoms with Crippen LogP contribution in [0.1, 0.15) is 48.4 Å². The van der Waals surface area contributed by atoms with Crippen molar-refractivity contribution in [1.82, 2.24) is 20.1 Å². The van der Waals surface area contributed by atoms with Crippen LogP contribution in [-0.2, 0) is 23.6 Å². The Kier molecular flexibility index (Phi) is 7.62. The van der Waals surface area contributed by atoms with E-state index in [0.29, 0.717) is 53.3 Å². The number of benzene rings is 2. The van der Waals surface area contributed by atoms with Gasteiger partial charge in [0.05, 0.1) is 6.54 Å². The zero-order valence-corrected chi connectivity index (χ0v) is 20.1. The third-order valence-corrected chi connectivity index (χ3v) is 6.57. The average Bonchev–Trinajstić information content (AvgIpc) is 3.42. The van der Waals surface area contributed by atoms with Crippen molar-refractivity contribution in [2.24, 2.45) is 5.92 Å². The van der Waals surface area contributed by atoms with Crippen molar-refractivity contribution in [1.29, 1.82) is 0 Å². The van der Waals surface area contributed by atoms with Crippen LogP contribution < -0.4 is 10.2 Å². The van der Waals surface area contributed by atoms with Gasteiger partial charge in [0.1, 0.15) is 5.82 Å². The third kappa shape index (κ3) is 5.64. The third-order valence-electron chi connectivity index (χ3n) is 5.56. The Labute approximate surface area is 202 Å². The molecule has 0 unspecified atom stereocenters. The number of carbonyl (C=O) groups excluding carboxylic acids is 2. The first-order valence-electron chi connectivity index (χ1n) is 11.4.